The number of rotatable bonds is 4. The van der Waals surface area contributed by atoms with Gasteiger partial charge in [-0.2, -0.15) is 0 Å². The highest BCUT2D eigenvalue weighted by molar-refractivity contribution is 6.30. The fraction of sp³-hybridized carbons (Fsp3) is 0.692. The topological polar surface area (TPSA) is 35.5 Å². The number of hydrogen-bond donors (Lipinski definition) is 0. The molecule has 0 aromatic carbocycles. The zero-order valence-electron chi connectivity index (χ0n) is 11.9. The summed E-state index contributed by atoms with van der Waals surface area (Å²) in [6.45, 7) is 8.38. The second-order valence-corrected chi connectivity index (χ2v) is 5.60. The van der Waals surface area contributed by atoms with Crippen LogP contribution in [-0.2, 0) is 0 Å². The Bertz CT molecular complexity index is 415. The standard InChI is InChI=1S/C13H22ClN5/c1-11-12(14)15-10-16-13(11)19-8-6-18(7-9-19)5-4-17(2)3/h10H,4-9H2,1-3H3. The Morgan fingerprint density at radius 2 is 1.89 bits per heavy atom. The van der Waals surface area contributed by atoms with Crippen molar-refractivity contribution in [3.63, 3.8) is 0 Å². The van der Waals surface area contributed by atoms with Gasteiger partial charge in [0.1, 0.15) is 17.3 Å². The lowest BCUT2D eigenvalue weighted by Crippen LogP contribution is -2.48. The van der Waals surface area contributed by atoms with Crippen molar-refractivity contribution in [3.8, 4) is 0 Å². The van der Waals surface area contributed by atoms with Gasteiger partial charge in [-0.1, -0.05) is 11.6 Å². The maximum Gasteiger partial charge on any atom is 0.137 e. The highest BCUT2D eigenvalue weighted by atomic mass is 35.5. The largest absolute Gasteiger partial charge is 0.354 e. The minimum Gasteiger partial charge on any atom is -0.354 e. The van der Waals surface area contributed by atoms with Gasteiger partial charge in [-0.05, 0) is 21.0 Å². The van der Waals surface area contributed by atoms with Gasteiger partial charge < -0.3 is 9.80 Å². The second kappa shape index (κ2) is 6.50. The van der Waals surface area contributed by atoms with E-state index >= 15 is 0 Å². The molecule has 0 N–H and O–H groups in total. The molecule has 1 saturated heterocycles. The van der Waals surface area contributed by atoms with Gasteiger partial charge in [0.15, 0.2) is 0 Å². The van der Waals surface area contributed by atoms with E-state index in [2.05, 4.69) is 38.8 Å². The minimum absolute atomic E-state index is 0.556. The van der Waals surface area contributed by atoms with Crippen LogP contribution in [0, 0.1) is 6.92 Å². The zero-order chi connectivity index (χ0) is 13.8. The maximum absolute atomic E-state index is 6.05. The van der Waals surface area contributed by atoms with Crippen LogP contribution in [0.15, 0.2) is 6.33 Å². The van der Waals surface area contributed by atoms with Crippen LogP contribution in [-0.4, -0.2) is 73.1 Å². The molecule has 106 valence electrons. The molecule has 0 radical (unpaired) electrons. The summed E-state index contributed by atoms with van der Waals surface area (Å²) < 4.78 is 0. The van der Waals surface area contributed by atoms with Gasteiger partial charge in [-0.3, -0.25) is 4.90 Å². The molecule has 0 saturated carbocycles. The Balaban J connectivity index is 1.91. The van der Waals surface area contributed by atoms with Gasteiger partial charge in [0.2, 0.25) is 0 Å². The molecule has 1 aromatic heterocycles. The summed E-state index contributed by atoms with van der Waals surface area (Å²) >= 11 is 6.05. The van der Waals surface area contributed by atoms with E-state index in [9.17, 15) is 0 Å². The molecule has 1 aliphatic heterocycles. The van der Waals surface area contributed by atoms with Crippen molar-refractivity contribution in [1.82, 2.24) is 19.8 Å². The van der Waals surface area contributed by atoms with E-state index in [0.717, 1.165) is 50.6 Å². The first-order valence-electron chi connectivity index (χ1n) is 6.67. The lowest BCUT2D eigenvalue weighted by molar-refractivity contribution is 0.229. The predicted octanol–water partition coefficient (Wildman–Crippen LogP) is 1.12. The minimum atomic E-state index is 0.556. The van der Waals surface area contributed by atoms with E-state index in [1.165, 1.54) is 0 Å². The molecule has 1 fully saturated rings. The van der Waals surface area contributed by atoms with Crippen LogP contribution in [0.2, 0.25) is 5.15 Å². The molecular weight excluding hydrogens is 262 g/mol. The van der Waals surface area contributed by atoms with Gasteiger partial charge in [-0.15, -0.1) is 0 Å². The molecule has 0 aliphatic carbocycles. The molecule has 0 unspecified atom stereocenters. The number of likely N-dealkylation sites (N-methyl/N-ethyl adjacent to an activating group) is 1. The van der Waals surface area contributed by atoms with E-state index in [1.54, 1.807) is 6.33 Å². The molecule has 1 aliphatic rings. The summed E-state index contributed by atoms with van der Waals surface area (Å²) in [5.74, 6) is 0.979. The fourth-order valence-electron chi connectivity index (χ4n) is 2.26. The first-order chi connectivity index (χ1) is 9.08. The van der Waals surface area contributed by atoms with Gasteiger partial charge in [-0.25, -0.2) is 9.97 Å². The van der Waals surface area contributed by atoms with Crippen LogP contribution in [0.25, 0.3) is 0 Å². The summed E-state index contributed by atoms with van der Waals surface area (Å²) in [5, 5.41) is 0.556. The van der Waals surface area contributed by atoms with Gasteiger partial charge in [0, 0.05) is 44.8 Å². The fourth-order valence-corrected chi connectivity index (χ4v) is 2.39. The van der Waals surface area contributed by atoms with Crippen LogP contribution < -0.4 is 4.90 Å². The number of halogens is 1. The molecule has 0 bridgehead atoms. The Morgan fingerprint density at radius 3 is 2.53 bits per heavy atom. The maximum atomic E-state index is 6.05. The second-order valence-electron chi connectivity index (χ2n) is 5.25. The van der Waals surface area contributed by atoms with Crippen molar-refractivity contribution in [1.29, 1.82) is 0 Å². The zero-order valence-corrected chi connectivity index (χ0v) is 12.7. The average molecular weight is 284 g/mol. The third-order valence-corrected chi connectivity index (χ3v) is 3.91. The van der Waals surface area contributed by atoms with E-state index in [1.807, 2.05) is 6.92 Å². The molecule has 6 heteroatoms. The van der Waals surface area contributed by atoms with Gasteiger partial charge >= 0.3 is 0 Å². The van der Waals surface area contributed by atoms with Gasteiger partial charge in [0.25, 0.3) is 0 Å². The number of nitrogens with zero attached hydrogens (tertiary/aromatic N) is 5. The first kappa shape index (κ1) is 14.5. The summed E-state index contributed by atoms with van der Waals surface area (Å²) in [6.07, 6.45) is 1.54. The van der Waals surface area contributed by atoms with Crippen molar-refractivity contribution in [2.75, 3.05) is 58.3 Å². The van der Waals surface area contributed by atoms with Crippen molar-refractivity contribution < 1.29 is 0 Å². The predicted molar refractivity (Wildman–Crippen MR) is 79.0 cm³/mol. The van der Waals surface area contributed by atoms with E-state index in [-0.39, 0.29) is 0 Å². The Labute approximate surface area is 120 Å². The number of aromatic nitrogens is 2. The smallest absolute Gasteiger partial charge is 0.137 e. The molecule has 1 aromatic rings. The SMILES string of the molecule is Cc1c(Cl)ncnc1N1CCN(CCN(C)C)CC1. The van der Waals surface area contributed by atoms with Crippen LogP contribution in [0.4, 0.5) is 5.82 Å². The Kier molecular flexibility index (Phi) is 4.96. The van der Waals surface area contributed by atoms with Gasteiger partial charge in [0.05, 0.1) is 0 Å². The number of anilines is 1. The first-order valence-corrected chi connectivity index (χ1v) is 7.05. The van der Waals surface area contributed by atoms with Crippen LogP contribution in [0.5, 0.6) is 0 Å². The molecule has 0 amide bonds. The quantitative estimate of drug-likeness (QED) is 0.774. The highest BCUT2D eigenvalue weighted by Gasteiger charge is 2.20. The monoisotopic (exact) mass is 283 g/mol. The molecule has 2 rings (SSSR count). The van der Waals surface area contributed by atoms with Crippen LogP contribution >= 0.6 is 11.6 Å². The summed E-state index contributed by atoms with van der Waals surface area (Å²) in [5.41, 5.74) is 0.978. The molecule has 0 spiro atoms. The van der Waals surface area contributed by atoms with Crippen LogP contribution in [0.3, 0.4) is 0 Å². The normalized spacial score (nSPS) is 17.2. The molecular formula is C13H22ClN5. The summed E-state index contributed by atoms with van der Waals surface area (Å²) in [6, 6.07) is 0. The summed E-state index contributed by atoms with van der Waals surface area (Å²) in [4.78, 5) is 15.4. The molecule has 2 heterocycles. The van der Waals surface area contributed by atoms with Crippen molar-refractivity contribution in [2.45, 2.75) is 6.92 Å². The molecule has 5 nitrogen and oxygen atoms in total. The summed E-state index contributed by atoms with van der Waals surface area (Å²) in [7, 11) is 4.23. The number of piperazine rings is 1. The van der Waals surface area contributed by atoms with Crippen LogP contribution in [0.1, 0.15) is 5.56 Å². The Hall–Kier alpha value is -0.910. The lowest BCUT2D eigenvalue weighted by Gasteiger charge is -2.36. The number of hydrogen-bond acceptors (Lipinski definition) is 5. The third kappa shape index (κ3) is 3.78. The van der Waals surface area contributed by atoms with E-state index < -0.39 is 0 Å². The van der Waals surface area contributed by atoms with Crippen molar-refractivity contribution in [3.05, 3.63) is 17.0 Å². The van der Waals surface area contributed by atoms with Crippen molar-refractivity contribution in [2.24, 2.45) is 0 Å². The Morgan fingerprint density at radius 1 is 1.21 bits per heavy atom. The van der Waals surface area contributed by atoms with E-state index in [4.69, 9.17) is 11.6 Å². The molecule has 0 atom stereocenters. The van der Waals surface area contributed by atoms with E-state index in [0.29, 0.717) is 5.15 Å². The third-order valence-electron chi connectivity index (χ3n) is 3.53. The average Bonchev–Trinajstić information content (AvgIpc) is 2.40. The highest BCUT2D eigenvalue weighted by Crippen LogP contribution is 2.22. The lowest BCUT2D eigenvalue weighted by atomic mass is 10.2. The molecule has 19 heavy (non-hydrogen) atoms. The van der Waals surface area contributed by atoms with Crippen molar-refractivity contribution >= 4 is 17.4 Å².